The molecule has 1 heterocycles. The second-order valence-corrected chi connectivity index (χ2v) is 6.09. The highest BCUT2D eigenvalue weighted by molar-refractivity contribution is 5.95. The predicted octanol–water partition coefficient (Wildman–Crippen LogP) is 4.19. The zero-order valence-electron chi connectivity index (χ0n) is 13.3. The summed E-state index contributed by atoms with van der Waals surface area (Å²) in [6.07, 6.45) is 0.248. The van der Waals surface area contributed by atoms with Crippen LogP contribution in [-0.4, -0.2) is 10.5 Å². The average molecular weight is 352 g/mol. The van der Waals surface area contributed by atoms with Gasteiger partial charge in [0.15, 0.2) is 0 Å². The molecule has 0 saturated heterocycles. The topological polar surface area (TPSA) is 34.4 Å². The number of benzene rings is 1. The molecule has 3 nitrogen and oxygen atoms in total. The average Bonchev–Trinajstić information content (AvgIpc) is 2.51. The fourth-order valence-corrected chi connectivity index (χ4v) is 2.76. The number of halogens is 4. The molecule has 0 radical (unpaired) electrons. The lowest BCUT2D eigenvalue weighted by atomic mass is 9.85. The zero-order chi connectivity index (χ0) is 18.0. The molecule has 1 aliphatic rings. The summed E-state index contributed by atoms with van der Waals surface area (Å²) in [6.45, 7) is 0.679. The molecule has 1 aromatic heterocycles. The van der Waals surface area contributed by atoms with E-state index in [1.165, 1.54) is 6.42 Å². The lowest BCUT2D eigenvalue weighted by molar-refractivity contribution is -0.140. The Morgan fingerprint density at radius 2 is 1.92 bits per heavy atom. The molecule has 1 amide bonds. The summed E-state index contributed by atoms with van der Waals surface area (Å²) >= 11 is 0. The largest absolute Gasteiger partial charge is 0.419 e. The van der Waals surface area contributed by atoms with Gasteiger partial charge >= 0.3 is 6.18 Å². The first-order valence-electron chi connectivity index (χ1n) is 7.96. The van der Waals surface area contributed by atoms with Gasteiger partial charge in [-0.2, -0.15) is 18.2 Å². The van der Waals surface area contributed by atoms with E-state index < -0.39 is 29.0 Å². The predicted molar refractivity (Wildman–Crippen MR) is 83.1 cm³/mol. The molecular formula is C18H16F4N2O. The van der Waals surface area contributed by atoms with Gasteiger partial charge in [0.2, 0.25) is 0 Å². The minimum absolute atomic E-state index is 0.302. The Kier molecular flexibility index (Phi) is 4.74. The summed E-state index contributed by atoms with van der Waals surface area (Å²) in [4.78, 5) is 16.1. The Labute approximate surface area is 141 Å². The van der Waals surface area contributed by atoms with Crippen LogP contribution < -0.4 is 5.49 Å². The molecule has 0 atom stereocenters. The van der Waals surface area contributed by atoms with Gasteiger partial charge in [0, 0.05) is 12.7 Å². The normalized spacial score (nSPS) is 15.9. The molecule has 1 saturated carbocycles. The Morgan fingerprint density at radius 3 is 2.56 bits per heavy atom. The van der Waals surface area contributed by atoms with E-state index >= 15 is 0 Å². The van der Waals surface area contributed by atoms with E-state index in [4.69, 9.17) is 0 Å². The van der Waals surface area contributed by atoms with Gasteiger partial charge in [0.1, 0.15) is 11.3 Å². The maximum absolute atomic E-state index is 14.1. The Morgan fingerprint density at radius 1 is 1.16 bits per heavy atom. The van der Waals surface area contributed by atoms with Crippen LogP contribution in [0.1, 0.15) is 35.2 Å². The zero-order valence-corrected chi connectivity index (χ0v) is 13.3. The number of aromatic nitrogens is 1. The van der Waals surface area contributed by atoms with E-state index in [2.05, 4.69) is 4.99 Å². The lowest BCUT2D eigenvalue weighted by Gasteiger charge is -2.26. The van der Waals surface area contributed by atoms with Crippen LogP contribution in [0.4, 0.5) is 17.6 Å². The summed E-state index contributed by atoms with van der Waals surface area (Å²) in [5.41, 5.74) is -1.85. The van der Waals surface area contributed by atoms with Gasteiger partial charge in [-0.1, -0.05) is 18.6 Å². The first-order valence-corrected chi connectivity index (χ1v) is 7.96. The molecule has 1 fully saturated rings. The number of nitrogens with zero attached hydrogens (tertiary/aromatic N) is 2. The molecule has 0 N–H and O–H groups in total. The van der Waals surface area contributed by atoms with Gasteiger partial charge in [-0.15, -0.1) is 0 Å². The van der Waals surface area contributed by atoms with Crippen molar-refractivity contribution in [2.75, 3.05) is 0 Å². The van der Waals surface area contributed by atoms with Crippen molar-refractivity contribution in [2.24, 2.45) is 10.9 Å². The molecule has 132 valence electrons. The molecule has 1 aliphatic carbocycles. The molecule has 1 aromatic carbocycles. The van der Waals surface area contributed by atoms with Crippen LogP contribution in [0, 0.1) is 11.7 Å². The van der Waals surface area contributed by atoms with Gasteiger partial charge < -0.3 is 4.57 Å². The van der Waals surface area contributed by atoms with Crippen molar-refractivity contribution in [2.45, 2.75) is 32.0 Å². The molecule has 0 aliphatic heterocycles. The van der Waals surface area contributed by atoms with Gasteiger partial charge in [-0.05, 0) is 43.0 Å². The number of carbonyl (C=O) groups is 1. The van der Waals surface area contributed by atoms with Crippen molar-refractivity contribution in [3.63, 3.8) is 0 Å². The van der Waals surface area contributed by atoms with Crippen LogP contribution in [0.2, 0.25) is 0 Å². The number of alkyl halides is 3. The third-order valence-corrected chi connectivity index (χ3v) is 4.35. The Bertz CT molecular complexity index is 851. The van der Waals surface area contributed by atoms with Crippen molar-refractivity contribution in [1.29, 1.82) is 0 Å². The summed E-state index contributed by atoms with van der Waals surface area (Å²) in [5.74, 6) is -2.12. The number of carbonyl (C=O) groups excluding carboxylic acids is 1. The third kappa shape index (κ3) is 3.81. The van der Waals surface area contributed by atoms with Crippen LogP contribution in [0.15, 0.2) is 47.6 Å². The highest BCUT2D eigenvalue weighted by Crippen LogP contribution is 2.32. The molecule has 3 rings (SSSR count). The van der Waals surface area contributed by atoms with E-state index in [1.54, 1.807) is 29.0 Å². The fourth-order valence-electron chi connectivity index (χ4n) is 2.76. The van der Waals surface area contributed by atoms with Crippen molar-refractivity contribution in [3.8, 4) is 0 Å². The minimum atomic E-state index is -4.86. The van der Waals surface area contributed by atoms with Crippen LogP contribution >= 0.6 is 0 Å². The van der Waals surface area contributed by atoms with Gasteiger partial charge in [-0.25, -0.2) is 4.39 Å². The van der Waals surface area contributed by atoms with Crippen molar-refractivity contribution >= 4 is 5.91 Å². The quantitative estimate of drug-likeness (QED) is 0.763. The molecular weight excluding hydrogens is 336 g/mol. The summed E-state index contributed by atoms with van der Waals surface area (Å²) < 4.78 is 54.2. The maximum atomic E-state index is 14.1. The SMILES string of the molecule is O=C(N=c1ccccn1CC1CCC1)c1cccc(C(F)(F)F)c1F. The van der Waals surface area contributed by atoms with Crippen molar-refractivity contribution < 1.29 is 22.4 Å². The molecule has 25 heavy (non-hydrogen) atoms. The number of hydrogen-bond donors (Lipinski definition) is 0. The smallest absolute Gasteiger partial charge is 0.333 e. The first-order chi connectivity index (χ1) is 11.9. The maximum Gasteiger partial charge on any atom is 0.419 e. The van der Waals surface area contributed by atoms with Crippen molar-refractivity contribution in [3.05, 3.63) is 65.0 Å². The summed E-state index contributed by atoms with van der Waals surface area (Å²) in [7, 11) is 0. The monoisotopic (exact) mass is 352 g/mol. The van der Waals surface area contributed by atoms with Gasteiger partial charge in [-0.3, -0.25) is 4.79 Å². The minimum Gasteiger partial charge on any atom is -0.333 e. The highest BCUT2D eigenvalue weighted by Gasteiger charge is 2.35. The highest BCUT2D eigenvalue weighted by atomic mass is 19.4. The summed E-state index contributed by atoms with van der Waals surface area (Å²) in [5, 5.41) is 0. The van der Waals surface area contributed by atoms with Crippen LogP contribution in [0.25, 0.3) is 0 Å². The number of hydrogen-bond acceptors (Lipinski definition) is 1. The number of rotatable bonds is 3. The number of pyridine rings is 1. The van der Waals surface area contributed by atoms with Crippen LogP contribution in [0.5, 0.6) is 0 Å². The third-order valence-electron chi connectivity index (χ3n) is 4.35. The van der Waals surface area contributed by atoms with Crippen molar-refractivity contribution in [1.82, 2.24) is 4.57 Å². The first kappa shape index (κ1) is 17.4. The van der Waals surface area contributed by atoms with E-state index in [0.717, 1.165) is 25.0 Å². The van der Waals surface area contributed by atoms with E-state index in [-0.39, 0.29) is 0 Å². The lowest BCUT2D eigenvalue weighted by Crippen LogP contribution is -2.27. The van der Waals surface area contributed by atoms with E-state index in [1.807, 2.05) is 0 Å². The van der Waals surface area contributed by atoms with E-state index in [9.17, 15) is 22.4 Å². The Balaban J connectivity index is 1.96. The van der Waals surface area contributed by atoms with Gasteiger partial charge in [0.05, 0.1) is 11.1 Å². The Hall–Kier alpha value is -2.44. The standard InChI is InChI=1S/C18H16F4N2O/c19-16-13(7-4-8-14(16)18(20,21)22)17(25)23-15-9-1-2-10-24(15)11-12-5-3-6-12/h1-2,4,7-10,12H,3,5-6,11H2. The molecule has 0 spiro atoms. The molecule has 2 aromatic rings. The number of amides is 1. The second kappa shape index (κ2) is 6.82. The molecule has 0 bridgehead atoms. The molecule has 0 unspecified atom stereocenters. The molecule has 7 heteroatoms. The second-order valence-electron chi connectivity index (χ2n) is 6.09. The summed E-state index contributed by atoms with van der Waals surface area (Å²) in [6, 6.07) is 7.66. The van der Waals surface area contributed by atoms with Gasteiger partial charge in [0.25, 0.3) is 5.91 Å². The fraction of sp³-hybridized carbons (Fsp3) is 0.333. The van der Waals surface area contributed by atoms with E-state index in [0.29, 0.717) is 24.0 Å². The van der Waals surface area contributed by atoms with Crippen LogP contribution in [-0.2, 0) is 12.7 Å². The van der Waals surface area contributed by atoms with Crippen LogP contribution in [0.3, 0.4) is 0 Å².